The number of aromatic nitrogens is 1. The van der Waals surface area contributed by atoms with Gasteiger partial charge in [0.2, 0.25) is 0 Å². The van der Waals surface area contributed by atoms with Crippen molar-refractivity contribution in [3.63, 3.8) is 0 Å². The second kappa shape index (κ2) is 3.64. The molecule has 0 amide bonds. The summed E-state index contributed by atoms with van der Waals surface area (Å²) in [7, 11) is 0. The third kappa shape index (κ3) is 2.61. The summed E-state index contributed by atoms with van der Waals surface area (Å²) in [5.74, 6) is 1.56. The molecule has 2 rings (SSSR count). The SMILES string of the molecule is Nc1ccc(NCCC2CC2)cn1. The van der Waals surface area contributed by atoms with Crippen molar-refractivity contribution in [3.05, 3.63) is 18.3 Å². The van der Waals surface area contributed by atoms with Crippen LogP contribution in [0.25, 0.3) is 0 Å². The van der Waals surface area contributed by atoms with Crippen LogP contribution in [-0.2, 0) is 0 Å². The van der Waals surface area contributed by atoms with Gasteiger partial charge < -0.3 is 11.1 Å². The van der Waals surface area contributed by atoms with Crippen LogP contribution in [0.1, 0.15) is 19.3 Å². The molecule has 0 bridgehead atoms. The fraction of sp³-hybridized carbons (Fsp3) is 0.500. The Morgan fingerprint density at radius 2 is 2.31 bits per heavy atom. The van der Waals surface area contributed by atoms with Crippen molar-refractivity contribution in [1.29, 1.82) is 0 Å². The Morgan fingerprint density at radius 3 is 2.92 bits per heavy atom. The molecular weight excluding hydrogens is 162 g/mol. The lowest BCUT2D eigenvalue weighted by Crippen LogP contribution is -2.02. The number of pyridine rings is 1. The fourth-order valence-electron chi connectivity index (χ4n) is 1.34. The predicted octanol–water partition coefficient (Wildman–Crippen LogP) is 1.88. The Balaban J connectivity index is 1.76. The standard InChI is InChI=1S/C10H15N3/c11-10-4-3-9(7-13-10)12-6-5-8-1-2-8/h3-4,7-8,12H,1-2,5-6H2,(H2,11,13). The summed E-state index contributed by atoms with van der Waals surface area (Å²) in [6.07, 6.45) is 5.90. The van der Waals surface area contributed by atoms with E-state index in [1.54, 1.807) is 6.20 Å². The molecule has 1 saturated carbocycles. The van der Waals surface area contributed by atoms with Gasteiger partial charge in [-0.1, -0.05) is 12.8 Å². The summed E-state index contributed by atoms with van der Waals surface area (Å²) in [6.45, 7) is 1.05. The van der Waals surface area contributed by atoms with Crippen LogP contribution in [0.5, 0.6) is 0 Å². The molecule has 3 heteroatoms. The second-order valence-corrected chi connectivity index (χ2v) is 3.63. The molecular formula is C10H15N3. The number of hydrogen-bond donors (Lipinski definition) is 2. The molecule has 1 aromatic rings. The molecule has 0 unspecified atom stereocenters. The average molecular weight is 177 g/mol. The molecule has 1 aliphatic rings. The van der Waals surface area contributed by atoms with Gasteiger partial charge in [0.05, 0.1) is 11.9 Å². The maximum absolute atomic E-state index is 5.47. The second-order valence-electron chi connectivity index (χ2n) is 3.63. The topological polar surface area (TPSA) is 50.9 Å². The molecule has 3 nitrogen and oxygen atoms in total. The molecule has 3 N–H and O–H groups in total. The Hall–Kier alpha value is -1.25. The van der Waals surface area contributed by atoms with Gasteiger partial charge in [0.15, 0.2) is 0 Å². The van der Waals surface area contributed by atoms with E-state index in [4.69, 9.17) is 5.73 Å². The Kier molecular flexibility index (Phi) is 2.34. The highest BCUT2D eigenvalue weighted by atomic mass is 14.9. The Morgan fingerprint density at radius 1 is 1.46 bits per heavy atom. The highest BCUT2D eigenvalue weighted by molar-refractivity contribution is 5.45. The molecule has 0 aliphatic heterocycles. The van der Waals surface area contributed by atoms with Crippen molar-refractivity contribution in [1.82, 2.24) is 4.98 Å². The van der Waals surface area contributed by atoms with E-state index in [-0.39, 0.29) is 0 Å². The minimum Gasteiger partial charge on any atom is -0.384 e. The maximum atomic E-state index is 5.47. The minimum atomic E-state index is 0.577. The van der Waals surface area contributed by atoms with Gasteiger partial charge in [-0.2, -0.15) is 0 Å². The first-order valence-corrected chi connectivity index (χ1v) is 4.80. The monoisotopic (exact) mass is 177 g/mol. The number of hydrogen-bond acceptors (Lipinski definition) is 3. The molecule has 0 saturated heterocycles. The van der Waals surface area contributed by atoms with Gasteiger partial charge in [-0.3, -0.25) is 0 Å². The normalized spacial score (nSPS) is 15.7. The number of nitrogens with zero attached hydrogens (tertiary/aromatic N) is 1. The largest absolute Gasteiger partial charge is 0.384 e. The molecule has 0 aromatic carbocycles. The summed E-state index contributed by atoms with van der Waals surface area (Å²) in [4.78, 5) is 4.01. The maximum Gasteiger partial charge on any atom is 0.123 e. The molecule has 1 aliphatic carbocycles. The zero-order valence-corrected chi connectivity index (χ0v) is 7.66. The number of nitrogen functional groups attached to an aromatic ring is 1. The van der Waals surface area contributed by atoms with Crippen molar-refractivity contribution < 1.29 is 0 Å². The van der Waals surface area contributed by atoms with Gasteiger partial charge in [-0.25, -0.2) is 4.98 Å². The van der Waals surface area contributed by atoms with Crippen LogP contribution in [0.4, 0.5) is 11.5 Å². The van der Waals surface area contributed by atoms with E-state index >= 15 is 0 Å². The van der Waals surface area contributed by atoms with E-state index in [1.807, 2.05) is 12.1 Å². The molecule has 0 radical (unpaired) electrons. The molecule has 1 heterocycles. The van der Waals surface area contributed by atoms with E-state index in [1.165, 1.54) is 19.3 Å². The lowest BCUT2D eigenvalue weighted by molar-refractivity contribution is 0.760. The van der Waals surface area contributed by atoms with E-state index < -0.39 is 0 Å². The minimum absolute atomic E-state index is 0.577. The van der Waals surface area contributed by atoms with Gasteiger partial charge in [-0.15, -0.1) is 0 Å². The molecule has 1 aromatic heterocycles. The number of nitrogens with one attached hydrogen (secondary N) is 1. The van der Waals surface area contributed by atoms with Crippen molar-refractivity contribution in [2.75, 3.05) is 17.6 Å². The van der Waals surface area contributed by atoms with Crippen LogP contribution in [0.15, 0.2) is 18.3 Å². The van der Waals surface area contributed by atoms with E-state index in [0.29, 0.717) is 5.82 Å². The molecule has 70 valence electrons. The van der Waals surface area contributed by atoms with Crippen LogP contribution >= 0.6 is 0 Å². The summed E-state index contributed by atoms with van der Waals surface area (Å²) >= 11 is 0. The van der Waals surface area contributed by atoms with Gasteiger partial charge >= 0.3 is 0 Å². The van der Waals surface area contributed by atoms with Crippen LogP contribution in [0.3, 0.4) is 0 Å². The van der Waals surface area contributed by atoms with Gasteiger partial charge in [0, 0.05) is 6.54 Å². The zero-order valence-electron chi connectivity index (χ0n) is 7.66. The quantitative estimate of drug-likeness (QED) is 0.738. The van der Waals surface area contributed by atoms with Gasteiger partial charge in [0.1, 0.15) is 5.82 Å². The molecule has 13 heavy (non-hydrogen) atoms. The fourth-order valence-corrected chi connectivity index (χ4v) is 1.34. The predicted molar refractivity (Wildman–Crippen MR) is 54.5 cm³/mol. The summed E-state index contributed by atoms with van der Waals surface area (Å²) in [5, 5.41) is 3.33. The van der Waals surface area contributed by atoms with Crippen LogP contribution < -0.4 is 11.1 Å². The number of rotatable bonds is 4. The van der Waals surface area contributed by atoms with E-state index in [2.05, 4.69) is 10.3 Å². The van der Waals surface area contributed by atoms with E-state index in [9.17, 15) is 0 Å². The molecule has 0 spiro atoms. The first kappa shape index (κ1) is 8.35. The third-order valence-electron chi connectivity index (χ3n) is 2.36. The van der Waals surface area contributed by atoms with E-state index in [0.717, 1.165) is 18.2 Å². The van der Waals surface area contributed by atoms with Gasteiger partial charge in [0.25, 0.3) is 0 Å². The Bertz CT molecular complexity index is 264. The zero-order chi connectivity index (χ0) is 9.10. The molecule has 0 atom stereocenters. The summed E-state index contributed by atoms with van der Waals surface area (Å²) in [6, 6.07) is 3.79. The van der Waals surface area contributed by atoms with Crippen molar-refractivity contribution >= 4 is 11.5 Å². The summed E-state index contributed by atoms with van der Waals surface area (Å²) in [5.41, 5.74) is 6.54. The average Bonchev–Trinajstić information content (AvgIpc) is 2.92. The molecule has 1 fully saturated rings. The van der Waals surface area contributed by atoms with Gasteiger partial charge in [-0.05, 0) is 24.5 Å². The summed E-state index contributed by atoms with van der Waals surface area (Å²) < 4.78 is 0. The highest BCUT2D eigenvalue weighted by Crippen LogP contribution is 2.32. The lowest BCUT2D eigenvalue weighted by Gasteiger charge is -2.04. The smallest absolute Gasteiger partial charge is 0.123 e. The first-order chi connectivity index (χ1) is 6.34. The number of anilines is 2. The van der Waals surface area contributed by atoms with Crippen molar-refractivity contribution in [2.45, 2.75) is 19.3 Å². The lowest BCUT2D eigenvalue weighted by atomic mass is 10.3. The number of nitrogens with two attached hydrogens (primary N) is 1. The van der Waals surface area contributed by atoms with Crippen LogP contribution in [0, 0.1) is 5.92 Å². The van der Waals surface area contributed by atoms with Crippen molar-refractivity contribution in [3.8, 4) is 0 Å². The Labute approximate surface area is 78.4 Å². The van der Waals surface area contributed by atoms with Crippen molar-refractivity contribution in [2.24, 2.45) is 5.92 Å². The van der Waals surface area contributed by atoms with Crippen LogP contribution in [-0.4, -0.2) is 11.5 Å². The third-order valence-corrected chi connectivity index (χ3v) is 2.36. The first-order valence-electron chi connectivity index (χ1n) is 4.80. The highest BCUT2D eigenvalue weighted by Gasteiger charge is 2.19. The van der Waals surface area contributed by atoms with Crippen LogP contribution in [0.2, 0.25) is 0 Å².